The summed E-state index contributed by atoms with van der Waals surface area (Å²) in [6.07, 6.45) is 3.78. The van der Waals surface area contributed by atoms with Crippen LogP contribution >= 0.6 is 0 Å². The van der Waals surface area contributed by atoms with Crippen LogP contribution in [0, 0.1) is 6.92 Å². The molecule has 6 nitrogen and oxygen atoms in total. The first kappa shape index (κ1) is 10.8. The highest BCUT2D eigenvalue weighted by Crippen LogP contribution is 2.17. The number of pyridine rings is 1. The first-order valence-corrected chi connectivity index (χ1v) is 5.70. The number of aromatic nitrogens is 5. The third-order valence-electron chi connectivity index (χ3n) is 2.86. The van der Waals surface area contributed by atoms with E-state index < -0.39 is 0 Å². The number of imidazole rings is 1. The van der Waals surface area contributed by atoms with Crippen LogP contribution in [-0.4, -0.2) is 24.3 Å². The van der Waals surface area contributed by atoms with Crippen LogP contribution in [0.1, 0.15) is 11.3 Å². The molecule has 0 radical (unpaired) electrons. The van der Waals surface area contributed by atoms with Crippen molar-refractivity contribution in [1.82, 2.24) is 24.3 Å². The van der Waals surface area contributed by atoms with E-state index in [0.29, 0.717) is 12.5 Å². The molecule has 0 aromatic carbocycles. The molecule has 2 N–H and O–H groups in total. The Morgan fingerprint density at radius 2 is 2.11 bits per heavy atom. The molecule has 18 heavy (non-hydrogen) atoms. The minimum Gasteiger partial charge on any atom is -0.369 e. The zero-order chi connectivity index (χ0) is 12.7. The molecule has 0 bridgehead atoms. The number of nitrogen functional groups attached to an aromatic ring is 1. The van der Waals surface area contributed by atoms with E-state index in [1.807, 2.05) is 43.1 Å². The van der Waals surface area contributed by atoms with E-state index >= 15 is 0 Å². The third kappa shape index (κ3) is 1.71. The van der Waals surface area contributed by atoms with Crippen molar-refractivity contribution in [3.63, 3.8) is 0 Å². The molecule has 0 aliphatic heterocycles. The highest BCUT2D eigenvalue weighted by molar-refractivity contribution is 5.74. The predicted octanol–water partition coefficient (Wildman–Crippen LogP) is 1.10. The van der Waals surface area contributed by atoms with Crippen LogP contribution in [0.2, 0.25) is 0 Å². The zero-order valence-electron chi connectivity index (χ0n) is 10.3. The van der Waals surface area contributed by atoms with Crippen molar-refractivity contribution in [2.75, 3.05) is 5.73 Å². The van der Waals surface area contributed by atoms with Gasteiger partial charge in [0.1, 0.15) is 5.52 Å². The van der Waals surface area contributed by atoms with E-state index in [2.05, 4.69) is 15.1 Å². The van der Waals surface area contributed by atoms with Crippen molar-refractivity contribution in [2.45, 2.75) is 13.5 Å². The molecule has 6 heteroatoms. The fourth-order valence-electron chi connectivity index (χ4n) is 2.01. The quantitative estimate of drug-likeness (QED) is 0.730. The second-order valence-corrected chi connectivity index (χ2v) is 4.37. The maximum absolute atomic E-state index is 5.94. The Morgan fingerprint density at radius 1 is 1.28 bits per heavy atom. The summed E-state index contributed by atoms with van der Waals surface area (Å²) in [7, 11) is 1.89. The smallest absolute Gasteiger partial charge is 0.202 e. The number of nitrogens with zero attached hydrogens (tertiary/aromatic N) is 5. The van der Waals surface area contributed by atoms with Crippen LogP contribution in [0.4, 0.5) is 5.95 Å². The molecule has 0 fully saturated rings. The van der Waals surface area contributed by atoms with Crippen molar-refractivity contribution >= 4 is 17.1 Å². The average Bonchev–Trinajstić information content (AvgIpc) is 2.86. The lowest BCUT2D eigenvalue weighted by Gasteiger charge is -2.03. The van der Waals surface area contributed by atoms with E-state index in [9.17, 15) is 0 Å². The third-order valence-corrected chi connectivity index (χ3v) is 2.86. The summed E-state index contributed by atoms with van der Waals surface area (Å²) in [5.74, 6) is 0.479. The van der Waals surface area contributed by atoms with E-state index in [0.717, 1.165) is 22.4 Å². The maximum Gasteiger partial charge on any atom is 0.202 e. The normalized spacial score (nSPS) is 11.2. The van der Waals surface area contributed by atoms with Crippen molar-refractivity contribution in [3.05, 3.63) is 35.8 Å². The second kappa shape index (κ2) is 3.83. The van der Waals surface area contributed by atoms with E-state index in [1.165, 1.54) is 0 Å². The Labute approximate surface area is 104 Å². The number of anilines is 1. The molecule has 0 unspecified atom stereocenters. The van der Waals surface area contributed by atoms with Gasteiger partial charge in [0.15, 0.2) is 5.65 Å². The molecule has 0 aliphatic rings. The maximum atomic E-state index is 5.94. The molecule has 3 rings (SSSR count). The van der Waals surface area contributed by atoms with Crippen LogP contribution in [0.3, 0.4) is 0 Å². The van der Waals surface area contributed by atoms with E-state index in [-0.39, 0.29) is 0 Å². The summed E-state index contributed by atoms with van der Waals surface area (Å²) in [6.45, 7) is 2.59. The molecule has 3 aromatic rings. The lowest BCUT2D eigenvalue weighted by molar-refractivity contribution is 0.764. The number of aryl methyl sites for hydroxylation is 2. The highest BCUT2D eigenvalue weighted by Gasteiger charge is 2.10. The minimum absolute atomic E-state index is 0.479. The Hall–Kier alpha value is -2.37. The van der Waals surface area contributed by atoms with Crippen molar-refractivity contribution in [1.29, 1.82) is 0 Å². The topological polar surface area (TPSA) is 74.5 Å². The molecule has 0 saturated heterocycles. The van der Waals surface area contributed by atoms with Crippen LogP contribution in [0.5, 0.6) is 0 Å². The van der Waals surface area contributed by atoms with Crippen LogP contribution in [0.15, 0.2) is 24.5 Å². The van der Waals surface area contributed by atoms with E-state index in [1.54, 1.807) is 4.68 Å². The fourth-order valence-corrected chi connectivity index (χ4v) is 2.01. The largest absolute Gasteiger partial charge is 0.369 e. The van der Waals surface area contributed by atoms with Gasteiger partial charge in [-0.15, -0.1) is 0 Å². The monoisotopic (exact) mass is 242 g/mol. The van der Waals surface area contributed by atoms with Gasteiger partial charge in [-0.05, 0) is 19.1 Å². The summed E-state index contributed by atoms with van der Waals surface area (Å²) >= 11 is 0. The van der Waals surface area contributed by atoms with Gasteiger partial charge >= 0.3 is 0 Å². The summed E-state index contributed by atoms with van der Waals surface area (Å²) in [5.41, 5.74) is 9.61. The molecule has 0 atom stereocenters. The van der Waals surface area contributed by atoms with Crippen LogP contribution in [-0.2, 0) is 13.6 Å². The summed E-state index contributed by atoms with van der Waals surface area (Å²) in [6, 6.07) is 3.87. The summed E-state index contributed by atoms with van der Waals surface area (Å²) < 4.78 is 3.67. The number of rotatable bonds is 2. The standard InChI is InChI=1S/C12H14N6/c1-8-3-4-10-11(15-8)18(12(13)16-10)7-9-5-14-17(2)6-9/h3-6H,7H2,1-2H3,(H2,13,16). The summed E-state index contributed by atoms with van der Waals surface area (Å²) in [4.78, 5) is 8.80. The molecular weight excluding hydrogens is 228 g/mol. The summed E-state index contributed by atoms with van der Waals surface area (Å²) in [5, 5.41) is 4.15. The molecule has 3 aromatic heterocycles. The van der Waals surface area contributed by atoms with Gasteiger partial charge in [0.25, 0.3) is 0 Å². The fraction of sp³-hybridized carbons (Fsp3) is 0.250. The number of hydrogen-bond acceptors (Lipinski definition) is 4. The van der Waals surface area contributed by atoms with Crippen LogP contribution in [0.25, 0.3) is 11.2 Å². The molecule has 0 amide bonds. The molecular formula is C12H14N6. The molecule has 0 aliphatic carbocycles. The Bertz CT molecular complexity index is 709. The van der Waals surface area contributed by atoms with Gasteiger partial charge in [0.2, 0.25) is 5.95 Å². The second-order valence-electron chi connectivity index (χ2n) is 4.37. The van der Waals surface area contributed by atoms with Crippen LogP contribution < -0.4 is 5.73 Å². The van der Waals surface area contributed by atoms with E-state index in [4.69, 9.17) is 5.73 Å². The van der Waals surface area contributed by atoms with Gasteiger partial charge in [-0.3, -0.25) is 9.25 Å². The number of nitrogens with two attached hydrogens (primary N) is 1. The molecule has 92 valence electrons. The number of hydrogen-bond donors (Lipinski definition) is 1. The zero-order valence-corrected chi connectivity index (χ0v) is 10.3. The first-order chi connectivity index (χ1) is 8.63. The van der Waals surface area contributed by atoms with Gasteiger partial charge < -0.3 is 5.73 Å². The molecule has 0 saturated carbocycles. The predicted molar refractivity (Wildman–Crippen MR) is 69.0 cm³/mol. The average molecular weight is 242 g/mol. The van der Waals surface area contributed by atoms with Gasteiger partial charge in [-0.2, -0.15) is 5.10 Å². The Balaban J connectivity index is 2.10. The highest BCUT2D eigenvalue weighted by atomic mass is 15.2. The molecule has 0 spiro atoms. The first-order valence-electron chi connectivity index (χ1n) is 5.70. The number of fused-ring (bicyclic) bond motifs is 1. The van der Waals surface area contributed by atoms with Gasteiger partial charge in [0, 0.05) is 24.5 Å². The SMILES string of the molecule is Cc1ccc2nc(N)n(Cc3cnn(C)c3)c2n1. The van der Waals surface area contributed by atoms with Gasteiger partial charge in [-0.25, -0.2) is 9.97 Å². The van der Waals surface area contributed by atoms with Gasteiger partial charge in [0.05, 0.1) is 12.7 Å². The Kier molecular flexibility index (Phi) is 2.29. The lowest BCUT2D eigenvalue weighted by atomic mass is 10.3. The molecule has 3 heterocycles. The van der Waals surface area contributed by atoms with Crippen molar-refractivity contribution in [2.24, 2.45) is 7.05 Å². The van der Waals surface area contributed by atoms with Gasteiger partial charge in [-0.1, -0.05) is 0 Å². The van der Waals surface area contributed by atoms with Crippen molar-refractivity contribution in [3.8, 4) is 0 Å². The lowest BCUT2D eigenvalue weighted by Crippen LogP contribution is -2.05. The Morgan fingerprint density at radius 3 is 2.83 bits per heavy atom. The van der Waals surface area contributed by atoms with Crippen molar-refractivity contribution < 1.29 is 0 Å². The minimum atomic E-state index is 0.479.